The first-order valence-corrected chi connectivity index (χ1v) is 5.88. The Hall–Kier alpha value is -1.05. The second-order valence-electron chi connectivity index (χ2n) is 5.44. The van der Waals surface area contributed by atoms with Crippen LogP contribution in [0.5, 0.6) is 0 Å². The van der Waals surface area contributed by atoms with E-state index in [0.717, 1.165) is 12.8 Å². The molecule has 2 unspecified atom stereocenters. The van der Waals surface area contributed by atoms with Crippen LogP contribution in [0.4, 0.5) is 0 Å². The second kappa shape index (κ2) is 4.86. The quantitative estimate of drug-likeness (QED) is 0.738. The highest BCUT2D eigenvalue weighted by molar-refractivity contribution is 5.74. The van der Waals surface area contributed by atoms with Crippen LogP contribution in [0.15, 0.2) is 23.3 Å². The maximum atomic E-state index is 11.2. The SMILES string of the molecule is CC(C)=CCC1CC(C)(C(=O)O)CC=C1C. The van der Waals surface area contributed by atoms with Crippen LogP contribution in [-0.4, -0.2) is 11.1 Å². The van der Waals surface area contributed by atoms with Crippen LogP contribution in [0.3, 0.4) is 0 Å². The lowest BCUT2D eigenvalue weighted by molar-refractivity contribution is -0.149. The summed E-state index contributed by atoms with van der Waals surface area (Å²) in [5, 5.41) is 9.23. The van der Waals surface area contributed by atoms with Crippen LogP contribution in [0.2, 0.25) is 0 Å². The number of carboxylic acids is 1. The third-order valence-electron chi connectivity index (χ3n) is 3.54. The Labute approximate surface area is 98.1 Å². The lowest BCUT2D eigenvalue weighted by Crippen LogP contribution is -2.32. The molecule has 0 saturated carbocycles. The molecular formula is C14H22O2. The molecule has 2 atom stereocenters. The Balaban J connectivity index is 2.79. The molecule has 0 saturated heterocycles. The molecule has 1 aliphatic carbocycles. The van der Waals surface area contributed by atoms with Crippen molar-refractivity contribution in [1.82, 2.24) is 0 Å². The highest BCUT2D eigenvalue weighted by atomic mass is 16.4. The molecule has 0 bridgehead atoms. The zero-order valence-electron chi connectivity index (χ0n) is 10.7. The summed E-state index contributed by atoms with van der Waals surface area (Å²) in [5.41, 5.74) is 2.08. The van der Waals surface area contributed by atoms with E-state index >= 15 is 0 Å². The van der Waals surface area contributed by atoms with Crippen LogP contribution >= 0.6 is 0 Å². The summed E-state index contributed by atoms with van der Waals surface area (Å²) in [5.74, 6) is -0.275. The molecule has 0 aromatic rings. The second-order valence-corrected chi connectivity index (χ2v) is 5.44. The topological polar surface area (TPSA) is 37.3 Å². The Kier molecular flexibility index (Phi) is 3.95. The van der Waals surface area contributed by atoms with Crippen molar-refractivity contribution in [3.63, 3.8) is 0 Å². The van der Waals surface area contributed by atoms with Gasteiger partial charge in [-0.15, -0.1) is 0 Å². The number of hydrogen-bond donors (Lipinski definition) is 1. The van der Waals surface area contributed by atoms with E-state index in [0.29, 0.717) is 12.3 Å². The van der Waals surface area contributed by atoms with Gasteiger partial charge in [-0.1, -0.05) is 23.3 Å². The first-order valence-electron chi connectivity index (χ1n) is 5.88. The third-order valence-corrected chi connectivity index (χ3v) is 3.54. The largest absolute Gasteiger partial charge is 0.481 e. The van der Waals surface area contributed by atoms with Gasteiger partial charge in [-0.3, -0.25) is 4.79 Å². The number of carboxylic acid groups (broad SMARTS) is 1. The molecule has 0 aliphatic heterocycles. The van der Waals surface area contributed by atoms with Crippen LogP contribution < -0.4 is 0 Å². The first-order chi connectivity index (χ1) is 7.35. The van der Waals surface area contributed by atoms with Crippen molar-refractivity contribution < 1.29 is 9.90 Å². The fourth-order valence-electron chi connectivity index (χ4n) is 2.16. The molecule has 1 aliphatic rings. The van der Waals surface area contributed by atoms with Gasteiger partial charge in [0.2, 0.25) is 0 Å². The normalized spacial score (nSPS) is 29.5. The fourth-order valence-corrected chi connectivity index (χ4v) is 2.16. The molecule has 0 amide bonds. The molecule has 90 valence electrons. The fraction of sp³-hybridized carbons (Fsp3) is 0.643. The summed E-state index contributed by atoms with van der Waals surface area (Å²) in [4.78, 5) is 11.2. The molecule has 0 heterocycles. The van der Waals surface area contributed by atoms with Gasteiger partial charge in [-0.05, 0) is 52.9 Å². The minimum atomic E-state index is -0.668. The molecule has 16 heavy (non-hydrogen) atoms. The molecule has 1 N–H and O–H groups in total. The Bertz CT molecular complexity index is 335. The predicted molar refractivity (Wildman–Crippen MR) is 66.3 cm³/mol. The minimum absolute atomic E-state index is 0.393. The van der Waals surface area contributed by atoms with Crippen LogP contribution in [0.1, 0.15) is 47.0 Å². The summed E-state index contributed by atoms with van der Waals surface area (Å²) < 4.78 is 0. The molecule has 0 fully saturated rings. The van der Waals surface area contributed by atoms with Gasteiger partial charge in [0.15, 0.2) is 0 Å². The lowest BCUT2D eigenvalue weighted by Gasteiger charge is -2.33. The van der Waals surface area contributed by atoms with E-state index in [1.54, 1.807) is 0 Å². The van der Waals surface area contributed by atoms with Gasteiger partial charge in [-0.2, -0.15) is 0 Å². The van der Waals surface area contributed by atoms with E-state index in [-0.39, 0.29) is 0 Å². The zero-order chi connectivity index (χ0) is 12.3. The van der Waals surface area contributed by atoms with Gasteiger partial charge in [0, 0.05) is 0 Å². The Morgan fingerprint density at radius 1 is 1.62 bits per heavy atom. The van der Waals surface area contributed by atoms with Crippen LogP contribution in [0.25, 0.3) is 0 Å². The summed E-state index contributed by atoms with van der Waals surface area (Å²) in [6.45, 7) is 8.13. The van der Waals surface area contributed by atoms with E-state index in [1.807, 2.05) is 6.92 Å². The maximum absolute atomic E-state index is 11.2. The highest BCUT2D eigenvalue weighted by Gasteiger charge is 2.37. The average Bonchev–Trinajstić information content (AvgIpc) is 2.19. The van der Waals surface area contributed by atoms with Crippen molar-refractivity contribution in [2.75, 3.05) is 0 Å². The van der Waals surface area contributed by atoms with Crippen molar-refractivity contribution in [1.29, 1.82) is 0 Å². The Morgan fingerprint density at radius 2 is 2.25 bits per heavy atom. The van der Waals surface area contributed by atoms with E-state index in [1.165, 1.54) is 11.1 Å². The molecule has 0 aromatic carbocycles. The molecule has 0 aromatic heterocycles. The lowest BCUT2D eigenvalue weighted by atomic mass is 9.70. The average molecular weight is 222 g/mol. The van der Waals surface area contributed by atoms with Crippen molar-refractivity contribution in [3.05, 3.63) is 23.3 Å². The first kappa shape index (κ1) is 13.0. The van der Waals surface area contributed by atoms with E-state index in [9.17, 15) is 9.90 Å². The van der Waals surface area contributed by atoms with E-state index < -0.39 is 11.4 Å². The molecule has 0 radical (unpaired) electrons. The smallest absolute Gasteiger partial charge is 0.309 e. The van der Waals surface area contributed by atoms with Gasteiger partial charge in [0.05, 0.1) is 5.41 Å². The van der Waals surface area contributed by atoms with Gasteiger partial charge in [0.1, 0.15) is 0 Å². The number of allylic oxidation sites excluding steroid dienone is 4. The van der Waals surface area contributed by atoms with Crippen molar-refractivity contribution in [2.45, 2.75) is 47.0 Å². The summed E-state index contributed by atoms with van der Waals surface area (Å²) in [6, 6.07) is 0. The predicted octanol–water partition coefficient (Wildman–Crippen LogP) is 3.79. The van der Waals surface area contributed by atoms with Gasteiger partial charge in [0.25, 0.3) is 0 Å². The van der Waals surface area contributed by atoms with Crippen molar-refractivity contribution in [3.8, 4) is 0 Å². The number of rotatable bonds is 3. The number of aliphatic carboxylic acids is 1. The Morgan fingerprint density at radius 3 is 2.75 bits per heavy atom. The number of carbonyl (C=O) groups is 1. The zero-order valence-corrected chi connectivity index (χ0v) is 10.7. The third kappa shape index (κ3) is 2.97. The van der Waals surface area contributed by atoms with E-state index in [4.69, 9.17) is 0 Å². The molecule has 2 heteroatoms. The number of hydrogen-bond acceptors (Lipinski definition) is 1. The standard InChI is InChI=1S/C14H22O2/c1-10(2)5-6-12-9-14(4,13(15)16)8-7-11(12)3/h5,7,12H,6,8-9H2,1-4H3,(H,15,16). The molecule has 1 rings (SSSR count). The highest BCUT2D eigenvalue weighted by Crippen LogP contribution is 2.40. The van der Waals surface area contributed by atoms with Gasteiger partial charge in [-0.25, -0.2) is 0 Å². The van der Waals surface area contributed by atoms with Gasteiger partial charge >= 0.3 is 5.97 Å². The summed E-state index contributed by atoms with van der Waals surface area (Å²) in [7, 11) is 0. The van der Waals surface area contributed by atoms with Crippen molar-refractivity contribution >= 4 is 5.97 Å². The molecular weight excluding hydrogens is 200 g/mol. The van der Waals surface area contributed by atoms with Crippen LogP contribution in [-0.2, 0) is 4.79 Å². The monoisotopic (exact) mass is 222 g/mol. The summed E-state index contributed by atoms with van der Waals surface area (Å²) >= 11 is 0. The van der Waals surface area contributed by atoms with Gasteiger partial charge < -0.3 is 5.11 Å². The maximum Gasteiger partial charge on any atom is 0.309 e. The molecule has 0 spiro atoms. The van der Waals surface area contributed by atoms with E-state index in [2.05, 4.69) is 32.9 Å². The molecule has 2 nitrogen and oxygen atoms in total. The van der Waals surface area contributed by atoms with Crippen molar-refractivity contribution in [2.24, 2.45) is 11.3 Å². The minimum Gasteiger partial charge on any atom is -0.481 e. The van der Waals surface area contributed by atoms with Crippen LogP contribution in [0, 0.1) is 11.3 Å². The summed E-state index contributed by atoms with van der Waals surface area (Å²) in [6.07, 6.45) is 6.69.